The minimum atomic E-state index is -0.294. The SMILES string of the molecule is CC(C)C(=O)N1CCC(O)C1.CC(C)C(=O)N1CCCC1. The van der Waals surface area contributed by atoms with Crippen molar-refractivity contribution < 1.29 is 14.7 Å². The Morgan fingerprint density at radius 3 is 1.76 bits per heavy atom. The maximum absolute atomic E-state index is 11.3. The van der Waals surface area contributed by atoms with Crippen molar-refractivity contribution in [3.8, 4) is 0 Å². The molecule has 0 aromatic heterocycles. The fraction of sp³-hybridized carbons (Fsp3) is 0.875. The summed E-state index contributed by atoms with van der Waals surface area (Å²) in [5, 5.41) is 9.14. The minimum Gasteiger partial charge on any atom is -0.391 e. The van der Waals surface area contributed by atoms with E-state index < -0.39 is 0 Å². The molecule has 0 saturated carbocycles. The number of aliphatic hydroxyl groups excluding tert-OH is 1. The number of rotatable bonds is 2. The molecule has 5 heteroatoms. The van der Waals surface area contributed by atoms with Gasteiger partial charge in [0.1, 0.15) is 0 Å². The van der Waals surface area contributed by atoms with Gasteiger partial charge in [-0.05, 0) is 19.3 Å². The van der Waals surface area contributed by atoms with E-state index in [1.165, 1.54) is 12.8 Å². The summed E-state index contributed by atoms with van der Waals surface area (Å²) >= 11 is 0. The highest BCUT2D eigenvalue weighted by molar-refractivity contribution is 5.78. The lowest BCUT2D eigenvalue weighted by Gasteiger charge is -2.17. The number of carbonyl (C=O) groups excluding carboxylic acids is 2. The largest absolute Gasteiger partial charge is 0.391 e. The molecule has 1 atom stereocenters. The molecule has 0 bridgehead atoms. The molecular weight excluding hydrogens is 268 g/mol. The highest BCUT2D eigenvalue weighted by atomic mass is 16.3. The molecule has 2 rings (SSSR count). The van der Waals surface area contributed by atoms with E-state index in [0.29, 0.717) is 12.5 Å². The first kappa shape index (κ1) is 18.0. The van der Waals surface area contributed by atoms with Crippen LogP contribution < -0.4 is 0 Å². The van der Waals surface area contributed by atoms with Crippen molar-refractivity contribution in [2.24, 2.45) is 11.8 Å². The Morgan fingerprint density at radius 2 is 1.38 bits per heavy atom. The number of carbonyl (C=O) groups is 2. The zero-order chi connectivity index (χ0) is 16.0. The summed E-state index contributed by atoms with van der Waals surface area (Å²) in [4.78, 5) is 26.3. The zero-order valence-electron chi connectivity index (χ0n) is 13.8. The third-order valence-corrected chi connectivity index (χ3v) is 3.88. The Hall–Kier alpha value is -1.10. The first-order chi connectivity index (χ1) is 9.82. The molecule has 0 aromatic carbocycles. The number of hydrogen-bond donors (Lipinski definition) is 1. The molecule has 2 amide bonds. The summed E-state index contributed by atoms with van der Waals surface area (Å²) in [7, 11) is 0. The molecule has 21 heavy (non-hydrogen) atoms. The number of hydrogen-bond acceptors (Lipinski definition) is 3. The van der Waals surface area contributed by atoms with Gasteiger partial charge in [0.2, 0.25) is 11.8 Å². The molecule has 0 aromatic rings. The highest BCUT2D eigenvalue weighted by Crippen LogP contribution is 2.12. The molecule has 0 aliphatic carbocycles. The lowest BCUT2D eigenvalue weighted by Crippen LogP contribution is -2.32. The van der Waals surface area contributed by atoms with Crippen molar-refractivity contribution in [3.63, 3.8) is 0 Å². The van der Waals surface area contributed by atoms with Crippen molar-refractivity contribution >= 4 is 11.8 Å². The van der Waals surface area contributed by atoms with Gasteiger partial charge in [-0.25, -0.2) is 0 Å². The average Bonchev–Trinajstić information content (AvgIpc) is 3.08. The second-order valence-electron chi connectivity index (χ2n) is 6.57. The lowest BCUT2D eigenvalue weighted by atomic mass is 10.2. The standard InChI is InChI=1S/C8H15NO2.C8H15NO/c1-6(2)8(11)9-4-3-7(10)5-9;1-7(2)8(10)9-5-3-4-6-9/h6-7,10H,3-5H2,1-2H3;7H,3-6H2,1-2H3. The van der Waals surface area contributed by atoms with Gasteiger partial charge >= 0.3 is 0 Å². The number of nitrogens with zero attached hydrogens (tertiary/aromatic N) is 2. The van der Waals surface area contributed by atoms with Crippen LogP contribution in [0.5, 0.6) is 0 Å². The normalized spacial score (nSPS) is 21.8. The van der Waals surface area contributed by atoms with Gasteiger partial charge in [0, 0.05) is 38.0 Å². The van der Waals surface area contributed by atoms with Crippen molar-refractivity contribution in [1.82, 2.24) is 9.80 Å². The van der Waals surface area contributed by atoms with Gasteiger partial charge in [-0.1, -0.05) is 27.7 Å². The van der Waals surface area contributed by atoms with E-state index in [0.717, 1.165) is 26.1 Å². The van der Waals surface area contributed by atoms with Gasteiger partial charge < -0.3 is 14.9 Å². The molecule has 122 valence electrons. The first-order valence-electron chi connectivity index (χ1n) is 8.08. The molecule has 2 saturated heterocycles. The third kappa shape index (κ3) is 5.65. The van der Waals surface area contributed by atoms with Gasteiger partial charge in [-0.2, -0.15) is 0 Å². The molecule has 2 fully saturated rings. The highest BCUT2D eigenvalue weighted by Gasteiger charge is 2.25. The van der Waals surface area contributed by atoms with Crippen molar-refractivity contribution in [2.75, 3.05) is 26.2 Å². The molecule has 1 N–H and O–H groups in total. The number of likely N-dealkylation sites (tertiary alicyclic amines) is 2. The Bertz CT molecular complexity index is 349. The van der Waals surface area contributed by atoms with E-state index in [1.807, 2.05) is 32.6 Å². The maximum Gasteiger partial charge on any atom is 0.225 e. The zero-order valence-corrected chi connectivity index (χ0v) is 13.8. The van der Waals surface area contributed by atoms with Gasteiger partial charge in [0.15, 0.2) is 0 Å². The smallest absolute Gasteiger partial charge is 0.225 e. The molecule has 2 aliphatic rings. The fourth-order valence-corrected chi connectivity index (χ4v) is 2.61. The number of amides is 2. The summed E-state index contributed by atoms with van der Waals surface area (Å²) in [6.45, 7) is 10.9. The fourth-order valence-electron chi connectivity index (χ4n) is 2.61. The van der Waals surface area contributed by atoms with Crippen LogP contribution in [-0.2, 0) is 9.59 Å². The van der Waals surface area contributed by atoms with E-state index in [2.05, 4.69) is 0 Å². The van der Waals surface area contributed by atoms with E-state index in [9.17, 15) is 9.59 Å². The first-order valence-corrected chi connectivity index (χ1v) is 8.08. The van der Waals surface area contributed by atoms with Gasteiger partial charge in [0.05, 0.1) is 6.10 Å². The Balaban J connectivity index is 0.000000211. The van der Waals surface area contributed by atoms with Crippen molar-refractivity contribution in [1.29, 1.82) is 0 Å². The molecule has 2 heterocycles. The van der Waals surface area contributed by atoms with Gasteiger partial charge in [0.25, 0.3) is 0 Å². The van der Waals surface area contributed by atoms with Crippen molar-refractivity contribution in [2.45, 2.75) is 53.1 Å². The Labute approximate surface area is 128 Å². The number of aliphatic hydroxyl groups is 1. The topological polar surface area (TPSA) is 60.9 Å². The summed E-state index contributed by atoms with van der Waals surface area (Å²) in [5.74, 6) is 0.706. The molecule has 0 radical (unpaired) electrons. The van der Waals surface area contributed by atoms with Crippen LogP contribution in [0.1, 0.15) is 47.0 Å². The van der Waals surface area contributed by atoms with Crippen LogP contribution in [-0.4, -0.2) is 59.0 Å². The van der Waals surface area contributed by atoms with Crippen LogP contribution in [0.25, 0.3) is 0 Å². The monoisotopic (exact) mass is 298 g/mol. The van der Waals surface area contributed by atoms with Crippen LogP contribution in [0.4, 0.5) is 0 Å². The van der Waals surface area contributed by atoms with Gasteiger partial charge in [-0.15, -0.1) is 0 Å². The molecular formula is C16H30N2O3. The lowest BCUT2D eigenvalue weighted by molar-refractivity contribution is -0.134. The molecule has 0 spiro atoms. The van der Waals surface area contributed by atoms with E-state index in [-0.39, 0.29) is 23.8 Å². The predicted molar refractivity (Wildman–Crippen MR) is 82.7 cm³/mol. The van der Waals surface area contributed by atoms with Crippen LogP contribution in [0.15, 0.2) is 0 Å². The van der Waals surface area contributed by atoms with E-state index in [1.54, 1.807) is 4.90 Å². The second-order valence-corrected chi connectivity index (χ2v) is 6.57. The summed E-state index contributed by atoms with van der Waals surface area (Å²) < 4.78 is 0. The van der Waals surface area contributed by atoms with Gasteiger partial charge in [-0.3, -0.25) is 9.59 Å². The second kappa shape index (κ2) is 8.37. The third-order valence-electron chi connectivity index (χ3n) is 3.88. The molecule has 5 nitrogen and oxygen atoms in total. The van der Waals surface area contributed by atoms with Crippen LogP contribution in [0.2, 0.25) is 0 Å². The molecule has 1 unspecified atom stereocenters. The summed E-state index contributed by atoms with van der Waals surface area (Å²) in [6, 6.07) is 0. The Morgan fingerprint density at radius 1 is 0.905 bits per heavy atom. The van der Waals surface area contributed by atoms with E-state index in [4.69, 9.17) is 5.11 Å². The van der Waals surface area contributed by atoms with Crippen LogP contribution >= 0.6 is 0 Å². The quantitative estimate of drug-likeness (QED) is 0.840. The number of β-amino-alcohol motifs (C(OH)–C–C–N with tert-alkyl or cyclic N) is 1. The average molecular weight is 298 g/mol. The predicted octanol–water partition coefficient (Wildman–Crippen LogP) is 1.50. The van der Waals surface area contributed by atoms with Crippen LogP contribution in [0, 0.1) is 11.8 Å². The maximum atomic E-state index is 11.3. The van der Waals surface area contributed by atoms with E-state index >= 15 is 0 Å². The Kier molecular flexibility index (Phi) is 7.15. The van der Waals surface area contributed by atoms with Crippen LogP contribution in [0.3, 0.4) is 0 Å². The van der Waals surface area contributed by atoms with Crippen molar-refractivity contribution in [3.05, 3.63) is 0 Å². The summed E-state index contributed by atoms with van der Waals surface area (Å²) in [5.41, 5.74) is 0. The minimum absolute atomic E-state index is 0.0558. The molecule has 2 aliphatic heterocycles. The summed E-state index contributed by atoms with van der Waals surface area (Å²) in [6.07, 6.45) is 2.83.